The predicted octanol–water partition coefficient (Wildman–Crippen LogP) is 3.57. The average Bonchev–Trinajstić information content (AvgIpc) is 2.47. The van der Waals surface area contributed by atoms with Crippen LogP contribution < -0.4 is 15.4 Å². The van der Waals surface area contributed by atoms with Crippen LogP contribution in [0.3, 0.4) is 0 Å². The lowest BCUT2D eigenvalue weighted by Gasteiger charge is -2.32. The van der Waals surface area contributed by atoms with Crippen LogP contribution in [-0.4, -0.2) is 25.7 Å². The van der Waals surface area contributed by atoms with E-state index in [9.17, 15) is 4.39 Å². The number of rotatable bonds is 6. The molecule has 0 radical (unpaired) electrons. The molecule has 2 N–H and O–H groups in total. The molecule has 1 saturated heterocycles. The van der Waals surface area contributed by atoms with E-state index in [0.717, 1.165) is 38.8 Å². The molecule has 0 aliphatic carbocycles. The zero-order chi connectivity index (χ0) is 15.2. The van der Waals surface area contributed by atoms with E-state index in [1.807, 2.05) is 12.1 Å². The Morgan fingerprint density at radius 1 is 1.38 bits per heavy atom. The van der Waals surface area contributed by atoms with E-state index in [1.54, 1.807) is 0 Å². The lowest BCUT2D eigenvalue weighted by atomic mass is 10.1. The summed E-state index contributed by atoms with van der Waals surface area (Å²) in [5, 5.41) is 0. The van der Waals surface area contributed by atoms with Crippen molar-refractivity contribution in [1.82, 2.24) is 0 Å². The maximum atomic E-state index is 14.3. The van der Waals surface area contributed by atoms with Crippen molar-refractivity contribution >= 4 is 5.69 Å². The zero-order valence-corrected chi connectivity index (χ0v) is 13.1. The van der Waals surface area contributed by atoms with Crippen molar-refractivity contribution in [2.45, 2.75) is 45.6 Å². The number of piperidine rings is 1. The smallest absolute Gasteiger partial charge is 0.150 e. The Morgan fingerprint density at radius 2 is 2.10 bits per heavy atom. The number of nitrogens with two attached hydrogens (primary N) is 1. The molecule has 1 aromatic rings. The van der Waals surface area contributed by atoms with Crippen molar-refractivity contribution in [3.05, 3.63) is 24.0 Å². The Kier molecular flexibility index (Phi) is 5.85. The van der Waals surface area contributed by atoms with E-state index in [1.165, 1.54) is 6.07 Å². The largest absolute Gasteiger partial charge is 0.493 e. The summed E-state index contributed by atoms with van der Waals surface area (Å²) in [5.74, 6) is 0.917. The summed E-state index contributed by atoms with van der Waals surface area (Å²) in [6, 6.07) is 5.45. The molecule has 21 heavy (non-hydrogen) atoms. The molecule has 3 nitrogen and oxygen atoms in total. The van der Waals surface area contributed by atoms with Gasteiger partial charge in [-0.15, -0.1) is 0 Å². The minimum Gasteiger partial charge on any atom is -0.493 e. The second kappa shape index (κ2) is 7.64. The molecular formula is C17H27FN2O. The number of ether oxygens (including phenoxy) is 1. The monoisotopic (exact) mass is 294 g/mol. The van der Waals surface area contributed by atoms with Crippen LogP contribution in [0.1, 0.15) is 39.5 Å². The molecule has 1 heterocycles. The first-order valence-electron chi connectivity index (χ1n) is 8.03. The highest BCUT2D eigenvalue weighted by molar-refractivity contribution is 5.51. The normalized spacial score (nSPS) is 17.8. The summed E-state index contributed by atoms with van der Waals surface area (Å²) in [5.41, 5.74) is 6.55. The number of halogens is 1. The second-order valence-electron chi connectivity index (χ2n) is 6.14. The van der Waals surface area contributed by atoms with Gasteiger partial charge in [-0.1, -0.05) is 20.3 Å². The Labute approximate surface area is 127 Å². The summed E-state index contributed by atoms with van der Waals surface area (Å²) in [4.78, 5) is 2.07. The van der Waals surface area contributed by atoms with Gasteiger partial charge in [0.15, 0.2) is 0 Å². The fourth-order valence-electron chi connectivity index (χ4n) is 2.79. The number of anilines is 1. The van der Waals surface area contributed by atoms with Gasteiger partial charge in [0.25, 0.3) is 0 Å². The molecule has 1 aliphatic heterocycles. The predicted molar refractivity (Wildman–Crippen MR) is 85.4 cm³/mol. The molecule has 0 aromatic heterocycles. The van der Waals surface area contributed by atoms with Crippen LogP contribution in [-0.2, 0) is 0 Å². The average molecular weight is 294 g/mol. The third-order valence-corrected chi connectivity index (χ3v) is 4.12. The number of benzene rings is 1. The van der Waals surface area contributed by atoms with Crippen LogP contribution >= 0.6 is 0 Å². The second-order valence-corrected chi connectivity index (χ2v) is 6.14. The lowest BCUT2D eigenvalue weighted by molar-refractivity contribution is 0.250. The fourth-order valence-corrected chi connectivity index (χ4v) is 2.79. The topological polar surface area (TPSA) is 38.5 Å². The first kappa shape index (κ1) is 16.1. The van der Waals surface area contributed by atoms with Gasteiger partial charge < -0.3 is 15.4 Å². The zero-order valence-electron chi connectivity index (χ0n) is 13.1. The van der Waals surface area contributed by atoms with Gasteiger partial charge in [-0.3, -0.25) is 0 Å². The third-order valence-electron chi connectivity index (χ3n) is 4.12. The van der Waals surface area contributed by atoms with Gasteiger partial charge in [0.1, 0.15) is 11.6 Å². The van der Waals surface area contributed by atoms with Gasteiger partial charge in [-0.25, -0.2) is 4.39 Å². The van der Waals surface area contributed by atoms with Crippen LogP contribution in [0.5, 0.6) is 5.75 Å². The van der Waals surface area contributed by atoms with E-state index in [2.05, 4.69) is 18.7 Å². The van der Waals surface area contributed by atoms with Gasteiger partial charge in [0.2, 0.25) is 0 Å². The third kappa shape index (κ3) is 4.60. The SMILES string of the molecule is CCCC(C)COc1ccc(N2CCC(N)CC2)c(F)c1. The van der Waals surface area contributed by atoms with Gasteiger partial charge in [-0.05, 0) is 37.3 Å². The molecule has 4 heteroatoms. The Hall–Kier alpha value is -1.29. The van der Waals surface area contributed by atoms with E-state index in [4.69, 9.17) is 10.5 Å². The molecule has 0 saturated carbocycles. The van der Waals surface area contributed by atoms with Crippen LogP contribution in [0.2, 0.25) is 0 Å². The first-order chi connectivity index (χ1) is 10.1. The molecule has 1 fully saturated rings. The molecule has 1 aromatic carbocycles. The van der Waals surface area contributed by atoms with Crippen molar-refractivity contribution < 1.29 is 9.13 Å². The molecule has 0 spiro atoms. The molecule has 1 atom stereocenters. The van der Waals surface area contributed by atoms with E-state index < -0.39 is 0 Å². The van der Waals surface area contributed by atoms with Gasteiger partial charge in [0.05, 0.1) is 12.3 Å². The molecular weight excluding hydrogens is 267 g/mol. The van der Waals surface area contributed by atoms with Crippen LogP contribution in [0, 0.1) is 11.7 Å². The highest BCUT2D eigenvalue weighted by atomic mass is 19.1. The van der Waals surface area contributed by atoms with Crippen molar-refractivity contribution in [3.8, 4) is 5.75 Å². The summed E-state index contributed by atoms with van der Waals surface area (Å²) in [7, 11) is 0. The van der Waals surface area contributed by atoms with Crippen molar-refractivity contribution in [2.75, 3.05) is 24.6 Å². The van der Waals surface area contributed by atoms with Gasteiger partial charge in [-0.2, -0.15) is 0 Å². The minimum atomic E-state index is -0.203. The molecule has 1 aliphatic rings. The number of nitrogens with zero attached hydrogens (tertiary/aromatic N) is 1. The van der Waals surface area contributed by atoms with Crippen LogP contribution in [0.25, 0.3) is 0 Å². The summed E-state index contributed by atoms with van der Waals surface area (Å²) >= 11 is 0. The molecule has 0 bridgehead atoms. The van der Waals surface area contributed by atoms with E-state index in [0.29, 0.717) is 24.0 Å². The summed E-state index contributed by atoms with van der Waals surface area (Å²) < 4.78 is 19.9. The Balaban J connectivity index is 1.94. The first-order valence-corrected chi connectivity index (χ1v) is 8.03. The maximum absolute atomic E-state index is 14.3. The Morgan fingerprint density at radius 3 is 2.71 bits per heavy atom. The highest BCUT2D eigenvalue weighted by Gasteiger charge is 2.19. The molecule has 118 valence electrons. The lowest BCUT2D eigenvalue weighted by Crippen LogP contribution is -2.40. The van der Waals surface area contributed by atoms with Gasteiger partial charge in [0, 0.05) is 25.2 Å². The maximum Gasteiger partial charge on any atom is 0.150 e. The molecule has 2 rings (SSSR count). The summed E-state index contributed by atoms with van der Waals surface area (Å²) in [6.07, 6.45) is 4.13. The van der Waals surface area contributed by atoms with Gasteiger partial charge >= 0.3 is 0 Å². The van der Waals surface area contributed by atoms with Crippen molar-refractivity contribution in [2.24, 2.45) is 11.7 Å². The fraction of sp³-hybridized carbons (Fsp3) is 0.647. The van der Waals surface area contributed by atoms with Crippen molar-refractivity contribution in [3.63, 3.8) is 0 Å². The standard InChI is InChI=1S/C17H27FN2O/c1-3-4-13(2)12-21-15-5-6-17(16(18)11-15)20-9-7-14(19)8-10-20/h5-6,11,13-14H,3-4,7-10,12,19H2,1-2H3. The quantitative estimate of drug-likeness (QED) is 0.871. The number of hydrogen-bond donors (Lipinski definition) is 1. The highest BCUT2D eigenvalue weighted by Crippen LogP contribution is 2.26. The Bertz CT molecular complexity index is 444. The van der Waals surface area contributed by atoms with Crippen LogP contribution in [0.15, 0.2) is 18.2 Å². The molecule has 0 amide bonds. The van der Waals surface area contributed by atoms with E-state index in [-0.39, 0.29) is 11.9 Å². The summed E-state index contributed by atoms with van der Waals surface area (Å²) in [6.45, 7) is 6.61. The van der Waals surface area contributed by atoms with Crippen molar-refractivity contribution in [1.29, 1.82) is 0 Å². The molecule has 1 unspecified atom stereocenters. The minimum absolute atomic E-state index is 0.203. The number of hydrogen-bond acceptors (Lipinski definition) is 3. The van der Waals surface area contributed by atoms with E-state index >= 15 is 0 Å². The van der Waals surface area contributed by atoms with Crippen LogP contribution in [0.4, 0.5) is 10.1 Å².